The van der Waals surface area contributed by atoms with Gasteiger partial charge in [-0.1, -0.05) is 12.1 Å². The van der Waals surface area contributed by atoms with E-state index in [-0.39, 0.29) is 5.91 Å². The van der Waals surface area contributed by atoms with Crippen LogP contribution in [0.3, 0.4) is 0 Å². The van der Waals surface area contributed by atoms with Crippen molar-refractivity contribution in [3.8, 4) is 5.75 Å². The van der Waals surface area contributed by atoms with Gasteiger partial charge in [0.05, 0.1) is 24.7 Å². The normalized spacial score (nSPS) is 10.3. The van der Waals surface area contributed by atoms with Crippen LogP contribution in [0.25, 0.3) is 0 Å². The van der Waals surface area contributed by atoms with Crippen LogP contribution in [0.2, 0.25) is 0 Å². The molecular formula is C21H27N3O4S2. The molecule has 1 aromatic heterocycles. The quantitative estimate of drug-likeness (QED) is 0.468. The van der Waals surface area contributed by atoms with E-state index in [1.54, 1.807) is 18.9 Å². The lowest BCUT2D eigenvalue weighted by atomic mass is 10.1. The highest BCUT2D eigenvalue weighted by Gasteiger charge is 2.27. The van der Waals surface area contributed by atoms with Gasteiger partial charge in [0.2, 0.25) is 0 Å². The smallest absolute Gasteiger partial charge is 0.341 e. The molecule has 1 heterocycles. The van der Waals surface area contributed by atoms with Crippen LogP contribution in [0.15, 0.2) is 24.3 Å². The minimum absolute atomic E-state index is 0.113. The Bertz CT molecular complexity index is 906. The van der Waals surface area contributed by atoms with Crippen molar-refractivity contribution in [2.24, 2.45) is 0 Å². The fourth-order valence-corrected chi connectivity index (χ4v) is 4.29. The van der Waals surface area contributed by atoms with E-state index in [0.29, 0.717) is 45.8 Å². The van der Waals surface area contributed by atoms with Crippen molar-refractivity contribution in [2.45, 2.75) is 27.3 Å². The summed E-state index contributed by atoms with van der Waals surface area (Å²) >= 11 is 6.60. The van der Waals surface area contributed by atoms with Gasteiger partial charge in [-0.15, -0.1) is 11.3 Å². The molecule has 162 valence electrons. The number of thiocarbonyl (C=S) groups is 1. The molecule has 0 spiro atoms. The summed E-state index contributed by atoms with van der Waals surface area (Å²) in [4.78, 5) is 27.4. The van der Waals surface area contributed by atoms with E-state index >= 15 is 0 Å². The second-order valence-corrected chi connectivity index (χ2v) is 7.81. The Morgan fingerprint density at radius 1 is 1.13 bits per heavy atom. The molecule has 2 rings (SSSR count). The molecule has 2 N–H and O–H groups in total. The Morgan fingerprint density at radius 3 is 2.30 bits per heavy atom. The predicted octanol–water partition coefficient (Wildman–Crippen LogP) is 3.82. The number of rotatable bonds is 8. The third-order valence-electron chi connectivity index (χ3n) is 4.62. The van der Waals surface area contributed by atoms with Crippen molar-refractivity contribution in [3.05, 3.63) is 45.8 Å². The van der Waals surface area contributed by atoms with Crippen molar-refractivity contribution in [1.29, 1.82) is 0 Å². The van der Waals surface area contributed by atoms with E-state index in [9.17, 15) is 9.59 Å². The zero-order valence-electron chi connectivity index (χ0n) is 17.8. The van der Waals surface area contributed by atoms with E-state index in [4.69, 9.17) is 21.7 Å². The summed E-state index contributed by atoms with van der Waals surface area (Å²) in [6, 6.07) is 7.61. The standard InChI is InChI=1S/C21H27N3O4S2/c1-6-24(7-2)19(25)17-13(3)16(20(26)28-5)18(30-17)23-21(29)22-12-14-8-10-15(27-4)11-9-14/h8-11H,6-7,12H2,1-5H3,(H2,22,23,29). The fraction of sp³-hybridized carbons (Fsp3) is 0.381. The monoisotopic (exact) mass is 449 g/mol. The van der Waals surface area contributed by atoms with Crippen LogP contribution >= 0.6 is 23.6 Å². The lowest BCUT2D eigenvalue weighted by Gasteiger charge is -2.17. The third kappa shape index (κ3) is 5.48. The number of nitrogens with zero attached hydrogens (tertiary/aromatic N) is 1. The van der Waals surface area contributed by atoms with Crippen LogP contribution in [0, 0.1) is 6.92 Å². The maximum absolute atomic E-state index is 12.9. The number of carbonyl (C=O) groups excluding carboxylic acids is 2. The number of carbonyl (C=O) groups is 2. The minimum atomic E-state index is -0.511. The molecule has 30 heavy (non-hydrogen) atoms. The number of hydrogen-bond donors (Lipinski definition) is 2. The number of anilines is 1. The molecule has 0 unspecified atom stereocenters. The van der Waals surface area contributed by atoms with Crippen molar-refractivity contribution >= 4 is 45.5 Å². The second kappa shape index (κ2) is 10.9. The number of thiophene rings is 1. The summed E-state index contributed by atoms with van der Waals surface area (Å²) in [5, 5.41) is 7.00. The Kier molecular flexibility index (Phi) is 8.61. The van der Waals surface area contributed by atoms with Crippen LogP contribution in [0.4, 0.5) is 5.00 Å². The molecule has 7 nitrogen and oxygen atoms in total. The van der Waals surface area contributed by atoms with Crippen molar-refractivity contribution in [2.75, 3.05) is 32.6 Å². The Labute approximate surface area is 186 Å². The number of methoxy groups -OCH3 is 2. The van der Waals surface area contributed by atoms with E-state index in [0.717, 1.165) is 11.3 Å². The molecule has 0 fully saturated rings. The third-order valence-corrected chi connectivity index (χ3v) is 6.06. The SMILES string of the molecule is CCN(CC)C(=O)c1sc(NC(=S)NCc2ccc(OC)cc2)c(C(=O)OC)c1C. The summed E-state index contributed by atoms with van der Waals surface area (Å²) in [6.07, 6.45) is 0. The number of benzene rings is 1. The molecule has 0 aliphatic rings. The summed E-state index contributed by atoms with van der Waals surface area (Å²) in [7, 11) is 2.93. The molecule has 0 saturated heterocycles. The molecule has 1 amide bonds. The summed E-state index contributed by atoms with van der Waals surface area (Å²) in [6.45, 7) is 7.26. The Hall–Kier alpha value is -2.65. The first-order valence-electron chi connectivity index (χ1n) is 9.54. The van der Waals surface area contributed by atoms with E-state index < -0.39 is 5.97 Å². The molecule has 0 radical (unpaired) electrons. The number of ether oxygens (including phenoxy) is 2. The first kappa shape index (κ1) is 23.6. The molecule has 0 atom stereocenters. The predicted molar refractivity (Wildman–Crippen MR) is 124 cm³/mol. The molecule has 0 bridgehead atoms. The fourth-order valence-electron chi connectivity index (χ4n) is 2.88. The van der Waals surface area contributed by atoms with Crippen molar-refractivity contribution < 1.29 is 19.1 Å². The van der Waals surface area contributed by atoms with E-state index in [1.165, 1.54) is 18.4 Å². The van der Waals surface area contributed by atoms with Gasteiger partial charge in [0.15, 0.2) is 5.11 Å². The lowest BCUT2D eigenvalue weighted by Crippen LogP contribution is -2.30. The first-order chi connectivity index (χ1) is 14.4. The van der Waals surface area contributed by atoms with Crippen LogP contribution in [0.1, 0.15) is 45.0 Å². The zero-order valence-corrected chi connectivity index (χ0v) is 19.5. The van der Waals surface area contributed by atoms with Crippen molar-refractivity contribution in [1.82, 2.24) is 10.2 Å². The van der Waals surface area contributed by atoms with E-state index in [1.807, 2.05) is 38.1 Å². The number of amides is 1. The van der Waals surface area contributed by atoms with Crippen LogP contribution in [0.5, 0.6) is 5.75 Å². The maximum Gasteiger partial charge on any atom is 0.341 e. The van der Waals surface area contributed by atoms with Gasteiger partial charge in [0.25, 0.3) is 5.91 Å². The molecule has 0 aliphatic heterocycles. The highest BCUT2D eigenvalue weighted by atomic mass is 32.1. The average Bonchev–Trinajstić information content (AvgIpc) is 3.08. The van der Waals surface area contributed by atoms with Crippen LogP contribution < -0.4 is 15.4 Å². The van der Waals surface area contributed by atoms with Gasteiger partial charge in [-0.2, -0.15) is 0 Å². The Morgan fingerprint density at radius 2 is 1.77 bits per heavy atom. The summed E-state index contributed by atoms with van der Waals surface area (Å²) < 4.78 is 10.1. The lowest BCUT2D eigenvalue weighted by molar-refractivity contribution is 0.0601. The van der Waals surface area contributed by atoms with Gasteiger partial charge in [0.1, 0.15) is 10.8 Å². The molecule has 1 aromatic carbocycles. The molecule has 9 heteroatoms. The maximum atomic E-state index is 12.9. The molecule has 0 aliphatic carbocycles. The van der Waals surface area contributed by atoms with Gasteiger partial charge in [0, 0.05) is 19.6 Å². The number of nitrogens with one attached hydrogen (secondary N) is 2. The minimum Gasteiger partial charge on any atom is -0.497 e. The Balaban J connectivity index is 2.19. The average molecular weight is 450 g/mol. The highest BCUT2D eigenvalue weighted by Crippen LogP contribution is 2.34. The van der Waals surface area contributed by atoms with Gasteiger partial charge in [-0.25, -0.2) is 4.79 Å². The van der Waals surface area contributed by atoms with Gasteiger partial charge >= 0.3 is 5.97 Å². The van der Waals surface area contributed by atoms with Crippen LogP contribution in [-0.4, -0.2) is 49.2 Å². The summed E-state index contributed by atoms with van der Waals surface area (Å²) in [5.74, 6) is 0.155. The van der Waals surface area contributed by atoms with Crippen molar-refractivity contribution in [3.63, 3.8) is 0 Å². The van der Waals surface area contributed by atoms with Gasteiger partial charge in [-0.3, -0.25) is 4.79 Å². The highest BCUT2D eigenvalue weighted by molar-refractivity contribution is 7.80. The number of esters is 1. The topological polar surface area (TPSA) is 79.9 Å². The second-order valence-electron chi connectivity index (χ2n) is 6.39. The molecular weight excluding hydrogens is 422 g/mol. The number of hydrogen-bond acceptors (Lipinski definition) is 6. The van der Waals surface area contributed by atoms with Gasteiger partial charge < -0.3 is 25.0 Å². The van der Waals surface area contributed by atoms with E-state index in [2.05, 4.69) is 10.6 Å². The summed E-state index contributed by atoms with van der Waals surface area (Å²) in [5.41, 5.74) is 1.93. The van der Waals surface area contributed by atoms with Gasteiger partial charge in [-0.05, 0) is 56.2 Å². The first-order valence-corrected chi connectivity index (χ1v) is 10.8. The largest absolute Gasteiger partial charge is 0.497 e. The molecule has 0 saturated carbocycles. The zero-order chi connectivity index (χ0) is 22.3. The van der Waals surface area contributed by atoms with Crippen LogP contribution in [-0.2, 0) is 11.3 Å². The molecule has 2 aromatic rings.